The number of halogens is 1. The Morgan fingerprint density at radius 2 is 1.86 bits per heavy atom. The SMILES string of the molecule is Fc1ccc2[nH]c3c(OCCn4cncn4)cc(Oc4ccccc4)cc3c2c1. The third kappa shape index (κ3) is 3.50. The predicted molar refractivity (Wildman–Crippen MR) is 108 cm³/mol. The maximum atomic E-state index is 13.9. The minimum absolute atomic E-state index is 0.290. The van der Waals surface area contributed by atoms with Gasteiger partial charge in [-0.05, 0) is 36.4 Å². The summed E-state index contributed by atoms with van der Waals surface area (Å²) in [6, 6.07) is 17.9. The Morgan fingerprint density at radius 3 is 2.69 bits per heavy atom. The molecule has 3 aromatic carbocycles. The van der Waals surface area contributed by atoms with Gasteiger partial charge in [0.25, 0.3) is 0 Å². The Morgan fingerprint density at radius 1 is 0.966 bits per heavy atom. The van der Waals surface area contributed by atoms with Crippen molar-refractivity contribution in [3.8, 4) is 17.2 Å². The van der Waals surface area contributed by atoms with Crippen molar-refractivity contribution in [1.29, 1.82) is 0 Å². The first-order valence-electron chi connectivity index (χ1n) is 9.19. The largest absolute Gasteiger partial charge is 0.489 e. The predicted octanol–water partition coefficient (Wildman–Crippen LogP) is 4.92. The number of para-hydroxylation sites is 1. The van der Waals surface area contributed by atoms with Crippen molar-refractivity contribution >= 4 is 21.8 Å². The monoisotopic (exact) mass is 388 g/mol. The van der Waals surface area contributed by atoms with Crippen LogP contribution >= 0.6 is 0 Å². The van der Waals surface area contributed by atoms with Crippen LogP contribution in [0.5, 0.6) is 17.2 Å². The Balaban J connectivity index is 1.55. The fourth-order valence-corrected chi connectivity index (χ4v) is 3.31. The van der Waals surface area contributed by atoms with Gasteiger partial charge in [-0.25, -0.2) is 14.1 Å². The average molecular weight is 388 g/mol. The van der Waals surface area contributed by atoms with Gasteiger partial charge in [-0.15, -0.1) is 0 Å². The number of hydrogen-bond donors (Lipinski definition) is 1. The first-order valence-corrected chi connectivity index (χ1v) is 9.19. The number of benzene rings is 3. The van der Waals surface area contributed by atoms with E-state index in [0.29, 0.717) is 30.4 Å². The van der Waals surface area contributed by atoms with Gasteiger partial charge in [0, 0.05) is 22.4 Å². The summed E-state index contributed by atoms with van der Waals surface area (Å²) in [6.45, 7) is 0.955. The molecule has 6 nitrogen and oxygen atoms in total. The number of nitrogens with zero attached hydrogens (tertiary/aromatic N) is 3. The molecular formula is C22H17FN4O2. The summed E-state index contributed by atoms with van der Waals surface area (Å²) in [5.41, 5.74) is 1.63. The standard InChI is InChI=1S/C22H17FN4O2/c23-15-6-7-20-18(10-15)19-11-17(29-16-4-2-1-3-5-16)12-21(22(19)26-20)28-9-8-27-14-24-13-25-27/h1-7,10-14,26H,8-9H2. The summed E-state index contributed by atoms with van der Waals surface area (Å²) in [7, 11) is 0. The molecule has 0 bridgehead atoms. The molecule has 0 radical (unpaired) electrons. The maximum absolute atomic E-state index is 13.9. The van der Waals surface area contributed by atoms with Crippen molar-refractivity contribution in [3.05, 3.63) is 79.1 Å². The van der Waals surface area contributed by atoms with Crippen LogP contribution < -0.4 is 9.47 Å². The molecule has 0 saturated heterocycles. The fourth-order valence-electron chi connectivity index (χ4n) is 3.31. The van der Waals surface area contributed by atoms with Gasteiger partial charge >= 0.3 is 0 Å². The number of nitrogens with one attached hydrogen (secondary N) is 1. The Bertz CT molecular complexity index is 1270. The van der Waals surface area contributed by atoms with Gasteiger partial charge in [-0.1, -0.05) is 18.2 Å². The van der Waals surface area contributed by atoms with E-state index >= 15 is 0 Å². The number of fused-ring (bicyclic) bond motifs is 3. The van der Waals surface area contributed by atoms with Gasteiger partial charge in [0.05, 0.1) is 12.1 Å². The van der Waals surface area contributed by atoms with E-state index in [1.165, 1.54) is 18.5 Å². The molecule has 0 amide bonds. The van der Waals surface area contributed by atoms with Gasteiger partial charge in [-0.3, -0.25) is 0 Å². The molecule has 5 rings (SSSR count). The Kier molecular flexibility index (Phi) is 4.32. The van der Waals surface area contributed by atoms with Gasteiger partial charge in [0.1, 0.15) is 42.3 Å². The Hall–Kier alpha value is -3.87. The highest BCUT2D eigenvalue weighted by molar-refractivity contribution is 6.09. The van der Waals surface area contributed by atoms with Crippen molar-refractivity contribution in [2.75, 3.05) is 6.61 Å². The van der Waals surface area contributed by atoms with Crippen LogP contribution in [0.4, 0.5) is 4.39 Å². The molecule has 0 unspecified atom stereocenters. The molecule has 0 fully saturated rings. The van der Waals surface area contributed by atoms with Gasteiger partial charge in [-0.2, -0.15) is 5.10 Å². The molecule has 0 aliphatic rings. The quantitative estimate of drug-likeness (QED) is 0.448. The third-order valence-corrected chi connectivity index (χ3v) is 4.63. The summed E-state index contributed by atoms with van der Waals surface area (Å²) in [5, 5.41) is 5.69. The van der Waals surface area contributed by atoms with Gasteiger partial charge in [0.15, 0.2) is 0 Å². The van der Waals surface area contributed by atoms with E-state index in [4.69, 9.17) is 9.47 Å². The number of ether oxygens (including phenoxy) is 2. The van der Waals surface area contributed by atoms with Crippen molar-refractivity contribution in [2.24, 2.45) is 0 Å². The molecule has 2 heterocycles. The van der Waals surface area contributed by atoms with E-state index < -0.39 is 0 Å². The number of aromatic amines is 1. The molecule has 0 atom stereocenters. The van der Waals surface area contributed by atoms with Crippen LogP contribution in [-0.2, 0) is 6.54 Å². The lowest BCUT2D eigenvalue weighted by molar-refractivity contribution is 0.293. The van der Waals surface area contributed by atoms with Crippen LogP contribution in [0.2, 0.25) is 0 Å². The maximum Gasteiger partial charge on any atom is 0.147 e. The zero-order valence-electron chi connectivity index (χ0n) is 15.4. The smallest absolute Gasteiger partial charge is 0.147 e. The molecule has 0 aliphatic carbocycles. The van der Waals surface area contributed by atoms with E-state index in [1.807, 2.05) is 42.5 Å². The zero-order valence-corrected chi connectivity index (χ0v) is 15.4. The average Bonchev–Trinajstić information content (AvgIpc) is 3.37. The first-order chi connectivity index (χ1) is 14.3. The minimum atomic E-state index is -0.290. The molecule has 2 aromatic heterocycles. The summed E-state index contributed by atoms with van der Waals surface area (Å²) in [4.78, 5) is 7.26. The van der Waals surface area contributed by atoms with Crippen LogP contribution in [0.25, 0.3) is 21.8 Å². The molecule has 1 N–H and O–H groups in total. The third-order valence-electron chi connectivity index (χ3n) is 4.63. The van der Waals surface area contributed by atoms with Gasteiger partial charge < -0.3 is 14.5 Å². The summed E-state index contributed by atoms with van der Waals surface area (Å²) in [6.07, 6.45) is 3.12. The number of rotatable bonds is 6. The topological polar surface area (TPSA) is 65.0 Å². The van der Waals surface area contributed by atoms with E-state index in [0.717, 1.165) is 21.8 Å². The lowest BCUT2D eigenvalue weighted by Gasteiger charge is -2.11. The van der Waals surface area contributed by atoms with Crippen LogP contribution in [0.1, 0.15) is 0 Å². The normalized spacial score (nSPS) is 11.2. The summed E-state index contributed by atoms with van der Waals surface area (Å²) < 4.78 is 27.6. The van der Waals surface area contributed by atoms with E-state index in [2.05, 4.69) is 15.1 Å². The van der Waals surface area contributed by atoms with Crippen molar-refractivity contribution in [2.45, 2.75) is 6.54 Å². The second-order valence-corrected chi connectivity index (χ2v) is 6.58. The van der Waals surface area contributed by atoms with Crippen LogP contribution in [0.3, 0.4) is 0 Å². The highest BCUT2D eigenvalue weighted by atomic mass is 19.1. The second-order valence-electron chi connectivity index (χ2n) is 6.58. The molecule has 0 saturated carbocycles. The van der Waals surface area contributed by atoms with E-state index in [9.17, 15) is 4.39 Å². The number of aromatic nitrogens is 4. The molecule has 0 spiro atoms. The summed E-state index contributed by atoms with van der Waals surface area (Å²) in [5.74, 6) is 1.67. The molecule has 7 heteroatoms. The lowest BCUT2D eigenvalue weighted by atomic mass is 10.1. The lowest BCUT2D eigenvalue weighted by Crippen LogP contribution is -2.08. The van der Waals surface area contributed by atoms with E-state index in [-0.39, 0.29) is 5.82 Å². The molecule has 29 heavy (non-hydrogen) atoms. The van der Waals surface area contributed by atoms with Crippen LogP contribution in [0.15, 0.2) is 73.3 Å². The van der Waals surface area contributed by atoms with Crippen molar-refractivity contribution in [3.63, 3.8) is 0 Å². The molecular weight excluding hydrogens is 371 g/mol. The molecule has 5 aromatic rings. The van der Waals surface area contributed by atoms with Crippen molar-refractivity contribution < 1.29 is 13.9 Å². The minimum Gasteiger partial charge on any atom is -0.489 e. The summed E-state index contributed by atoms with van der Waals surface area (Å²) >= 11 is 0. The fraction of sp³-hybridized carbons (Fsp3) is 0.0909. The molecule has 0 aliphatic heterocycles. The number of H-pyrrole nitrogens is 1. The van der Waals surface area contributed by atoms with Crippen molar-refractivity contribution in [1.82, 2.24) is 19.7 Å². The molecule has 144 valence electrons. The highest BCUT2D eigenvalue weighted by Gasteiger charge is 2.13. The van der Waals surface area contributed by atoms with Gasteiger partial charge in [0.2, 0.25) is 0 Å². The van der Waals surface area contributed by atoms with Crippen LogP contribution in [-0.4, -0.2) is 26.4 Å². The van der Waals surface area contributed by atoms with E-state index in [1.54, 1.807) is 17.1 Å². The van der Waals surface area contributed by atoms with Crippen LogP contribution in [0, 0.1) is 5.82 Å². The number of hydrogen-bond acceptors (Lipinski definition) is 4. The Labute approximate surface area is 165 Å². The first kappa shape index (κ1) is 17.2. The highest BCUT2D eigenvalue weighted by Crippen LogP contribution is 2.37. The zero-order chi connectivity index (χ0) is 19.6. The second kappa shape index (κ2) is 7.27.